The van der Waals surface area contributed by atoms with Gasteiger partial charge in [0.25, 0.3) is 0 Å². The van der Waals surface area contributed by atoms with E-state index in [2.05, 4.69) is 21.8 Å². The molecule has 0 fully saturated rings. The molecule has 1 unspecified atom stereocenters. The van der Waals surface area contributed by atoms with E-state index in [1.807, 2.05) is 19.3 Å². The molecule has 1 aromatic heterocycles. The average Bonchev–Trinajstić information content (AvgIpc) is 2.60. The molecule has 1 rings (SSSR count). The molecule has 4 nitrogen and oxygen atoms in total. The third-order valence-electron chi connectivity index (χ3n) is 2.40. The van der Waals surface area contributed by atoms with Crippen LogP contribution >= 0.6 is 0 Å². The van der Waals surface area contributed by atoms with Crippen molar-refractivity contribution >= 4 is 0 Å². The minimum absolute atomic E-state index is 0.568. The molecule has 0 aliphatic heterocycles. The highest BCUT2D eigenvalue weighted by atomic mass is 16.5. The van der Waals surface area contributed by atoms with E-state index in [1.54, 1.807) is 7.11 Å². The molecule has 0 bridgehead atoms. The number of ether oxygens (including phenoxy) is 1. The monoisotopic (exact) mass is 211 g/mol. The van der Waals surface area contributed by atoms with Crippen molar-refractivity contribution in [1.82, 2.24) is 14.9 Å². The van der Waals surface area contributed by atoms with Gasteiger partial charge in [0, 0.05) is 39.2 Å². The smallest absolute Gasteiger partial charge is 0.105 e. The fourth-order valence-electron chi connectivity index (χ4n) is 1.53. The highest BCUT2D eigenvalue weighted by Gasteiger charge is 2.00. The van der Waals surface area contributed by atoms with Crippen molar-refractivity contribution in [3.8, 4) is 0 Å². The summed E-state index contributed by atoms with van der Waals surface area (Å²) in [6.45, 7) is 7.97. The summed E-state index contributed by atoms with van der Waals surface area (Å²) in [5, 5.41) is 3.41. The molecule has 0 aliphatic rings. The zero-order chi connectivity index (χ0) is 11.1. The fourth-order valence-corrected chi connectivity index (χ4v) is 1.53. The predicted octanol–water partition coefficient (Wildman–Crippen LogP) is 1.06. The quantitative estimate of drug-likeness (QED) is 0.686. The van der Waals surface area contributed by atoms with E-state index in [4.69, 9.17) is 4.74 Å². The highest BCUT2D eigenvalue weighted by molar-refractivity contribution is 4.88. The number of hydrogen-bond acceptors (Lipinski definition) is 3. The third kappa shape index (κ3) is 4.44. The zero-order valence-corrected chi connectivity index (χ0v) is 9.86. The number of imidazole rings is 1. The maximum atomic E-state index is 5.07. The lowest BCUT2D eigenvalue weighted by Crippen LogP contribution is -2.27. The lowest BCUT2D eigenvalue weighted by atomic mass is 10.2. The van der Waals surface area contributed by atoms with E-state index in [0.29, 0.717) is 5.92 Å². The lowest BCUT2D eigenvalue weighted by Gasteiger charge is -2.11. The molecule has 0 amide bonds. The van der Waals surface area contributed by atoms with Crippen LogP contribution in [0.5, 0.6) is 0 Å². The summed E-state index contributed by atoms with van der Waals surface area (Å²) in [6.07, 6.45) is 3.85. The van der Waals surface area contributed by atoms with Crippen LogP contribution in [0.1, 0.15) is 12.7 Å². The second kappa shape index (κ2) is 6.58. The van der Waals surface area contributed by atoms with Gasteiger partial charge in [0.2, 0.25) is 0 Å². The molecule has 1 aromatic rings. The maximum Gasteiger partial charge on any atom is 0.105 e. The molecular weight excluding hydrogens is 190 g/mol. The molecule has 0 radical (unpaired) electrons. The van der Waals surface area contributed by atoms with E-state index in [9.17, 15) is 0 Å². The van der Waals surface area contributed by atoms with Gasteiger partial charge in [0.05, 0.1) is 0 Å². The van der Waals surface area contributed by atoms with Crippen LogP contribution in [0, 0.1) is 12.8 Å². The van der Waals surface area contributed by atoms with Crippen LogP contribution in [0.2, 0.25) is 0 Å². The van der Waals surface area contributed by atoms with Gasteiger partial charge in [-0.05, 0) is 19.4 Å². The Bertz CT molecular complexity index is 273. The fraction of sp³-hybridized carbons (Fsp3) is 0.727. The number of nitrogens with zero attached hydrogens (tertiary/aromatic N) is 2. The Morgan fingerprint density at radius 3 is 3.00 bits per heavy atom. The van der Waals surface area contributed by atoms with E-state index in [-0.39, 0.29) is 0 Å². The van der Waals surface area contributed by atoms with Crippen molar-refractivity contribution in [3.05, 3.63) is 18.2 Å². The van der Waals surface area contributed by atoms with Gasteiger partial charge < -0.3 is 14.6 Å². The van der Waals surface area contributed by atoms with Gasteiger partial charge in [-0.15, -0.1) is 0 Å². The number of methoxy groups -OCH3 is 1. The van der Waals surface area contributed by atoms with Crippen molar-refractivity contribution < 1.29 is 4.74 Å². The number of hydrogen-bond donors (Lipinski definition) is 1. The summed E-state index contributed by atoms with van der Waals surface area (Å²) in [5.74, 6) is 1.64. The molecule has 0 spiro atoms. The van der Waals surface area contributed by atoms with Crippen molar-refractivity contribution in [2.75, 3.05) is 26.8 Å². The Morgan fingerprint density at radius 2 is 2.40 bits per heavy atom. The van der Waals surface area contributed by atoms with Crippen LogP contribution in [-0.2, 0) is 11.3 Å². The minimum Gasteiger partial charge on any atom is -0.384 e. The highest BCUT2D eigenvalue weighted by Crippen LogP contribution is 1.95. The summed E-state index contributed by atoms with van der Waals surface area (Å²) in [5.41, 5.74) is 0. The van der Waals surface area contributed by atoms with Gasteiger partial charge >= 0.3 is 0 Å². The average molecular weight is 211 g/mol. The Hall–Kier alpha value is -0.870. The first kappa shape index (κ1) is 12.2. The van der Waals surface area contributed by atoms with Gasteiger partial charge in [0.1, 0.15) is 5.82 Å². The Morgan fingerprint density at radius 1 is 1.60 bits per heavy atom. The summed E-state index contributed by atoms with van der Waals surface area (Å²) < 4.78 is 7.22. The van der Waals surface area contributed by atoms with Crippen LogP contribution in [0.4, 0.5) is 0 Å². The molecule has 1 heterocycles. The van der Waals surface area contributed by atoms with Crippen LogP contribution in [0.3, 0.4) is 0 Å². The maximum absolute atomic E-state index is 5.07. The van der Waals surface area contributed by atoms with Gasteiger partial charge in [-0.2, -0.15) is 0 Å². The number of aromatic nitrogens is 2. The standard InChI is InChI=1S/C11H21N3O/c1-10(9-15-3)8-12-4-6-14-7-5-13-11(14)2/h5,7,10,12H,4,6,8-9H2,1-3H3. The Balaban J connectivity index is 2.09. The largest absolute Gasteiger partial charge is 0.384 e. The summed E-state index contributed by atoms with van der Waals surface area (Å²) >= 11 is 0. The molecule has 0 aromatic carbocycles. The molecule has 1 atom stereocenters. The van der Waals surface area contributed by atoms with Crippen molar-refractivity contribution in [2.45, 2.75) is 20.4 Å². The first-order chi connectivity index (χ1) is 7.24. The normalized spacial score (nSPS) is 13.0. The van der Waals surface area contributed by atoms with Crippen LogP contribution in [0.25, 0.3) is 0 Å². The SMILES string of the molecule is COCC(C)CNCCn1ccnc1C. The molecular formula is C11H21N3O. The molecule has 0 saturated carbocycles. The molecule has 0 aliphatic carbocycles. The zero-order valence-electron chi connectivity index (χ0n) is 9.86. The first-order valence-electron chi connectivity index (χ1n) is 5.41. The predicted molar refractivity (Wildman–Crippen MR) is 60.9 cm³/mol. The summed E-state index contributed by atoms with van der Waals surface area (Å²) in [4.78, 5) is 4.18. The molecule has 15 heavy (non-hydrogen) atoms. The second-order valence-electron chi connectivity index (χ2n) is 3.93. The van der Waals surface area contributed by atoms with Crippen LogP contribution in [0.15, 0.2) is 12.4 Å². The van der Waals surface area contributed by atoms with Gasteiger partial charge in [-0.3, -0.25) is 0 Å². The topological polar surface area (TPSA) is 39.1 Å². The number of aryl methyl sites for hydroxylation is 1. The Kier molecular flexibility index (Phi) is 5.36. The molecule has 86 valence electrons. The van der Waals surface area contributed by atoms with E-state index in [1.165, 1.54) is 0 Å². The molecule has 4 heteroatoms. The summed E-state index contributed by atoms with van der Waals surface area (Å²) in [7, 11) is 1.74. The summed E-state index contributed by atoms with van der Waals surface area (Å²) in [6, 6.07) is 0. The van der Waals surface area contributed by atoms with E-state index < -0.39 is 0 Å². The van der Waals surface area contributed by atoms with Gasteiger partial charge in [-0.1, -0.05) is 6.92 Å². The third-order valence-corrected chi connectivity index (χ3v) is 2.40. The lowest BCUT2D eigenvalue weighted by molar-refractivity contribution is 0.158. The number of nitrogens with one attached hydrogen (secondary N) is 1. The second-order valence-corrected chi connectivity index (χ2v) is 3.93. The van der Waals surface area contributed by atoms with Gasteiger partial charge in [0.15, 0.2) is 0 Å². The van der Waals surface area contributed by atoms with Crippen LogP contribution in [-0.4, -0.2) is 36.4 Å². The van der Waals surface area contributed by atoms with Gasteiger partial charge in [-0.25, -0.2) is 4.98 Å². The first-order valence-corrected chi connectivity index (χ1v) is 5.41. The van der Waals surface area contributed by atoms with E-state index in [0.717, 1.165) is 32.1 Å². The van der Waals surface area contributed by atoms with Crippen LogP contribution < -0.4 is 5.32 Å². The molecule has 1 N–H and O–H groups in total. The Labute approximate surface area is 91.7 Å². The van der Waals surface area contributed by atoms with Crippen molar-refractivity contribution in [3.63, 3.8) is 0 Å². The van der Waals surface area contributed by atoms with E-state index >= 15 is 0 Å². The van der Waals surface area contributed by atoms with Crippen molar-refractivity contribution in [2.24, 2.45) is 5.92 Å². The molecule has 0 saturated heterocycles. The van der Waals surface area contributed by atoms with Crippen molar-refractivity contribution in [1.29, 1.82) is 0 Å². The number of rotatable bonds is 7. The minimum atomic E-state index is 0.568.